The lowest BCUT2D eigenvalue weighted by molar-refractivity contribution is 0.466. The van der Waals surface area contributed by atoms with Gasteiger partial charge < -0.3 is 0 Å². The van der Waals surface area contributed by atoms with Crippen LogP contribution in [0.1, 0.15) is 11.1 Å². The topological polar surface area (TPSA) is 50.3 Å². The maximum Gasteiger partial charge on any atom is 0.243 e. The molecule has 0 aliphatic rings. The van der Waals surface area contributed by atoms with Gasteiger partial charge in [0.15, 0.2) is 0 Å². The van der Waals surface area contributed by atoms with Crippen molar-refractivity contribution < 1.29 is 8.42 Å². The maximum absolute atomic E-state index is 12.5. The molecule has 4 nitrogen and oxygen atoms in total. The van der Waals surface area contributed by atoms with Crippen molar-refractivity contribution in [1.82, 2.24) is 9.29 Å². The standard InChI is InChI=1S/C14H15ClN2O2S/c1-17(11-12-5-7-16-8-6-12)20(18,19)14-4-2-3-13(9-14)10-15/h2-9H,10-11H2,1H3. The van der Waals surface area contributed by atoms with E-state index < -0.39 is 10.0 Å². The minimum atomic E-state index is -3.52. The quantitative estimate of drug-likeness (QED) is 0.798. The van der Waals surface area contributed by atoms with Crippen molar-refractivity contribution in [3.63, 3.8) is 0 Å². The van der Waals surface area contributed by atoms with E-state index in [2.05, 4.69) is 4.98 Å². The number of alkyl halides is 1. The van der Waals surface area contributed by atoms with Gasteiger partial charge >= 0.3 is 0 Å². The molecule has 0 radical (unpaired) electrons. The SMILES string of the molecule is CN(Cc1ccncc1)S(=O)(=O)c1cccc(CCl)c1. The van der Waals surface area contributed by atoms with Gasteiger partial charge in [0.2, 0.25) is 10.0 Å². The van der Waals surface area contributed by atoms with Crippen molar-refractivity contribution in [2.75, 3.05) is 7.05 Å². The molecule has 0 aliphatic heterocycles. The van der Waals surface area contributed by atoms with Crippen LogP contribution in [0.15, 0.2) is 53.7 Å². The summed E-state index contributed by atoms with van der Waals surface area (Å²) in [4.78, 5) is 4.17. The number of hydrogen-bond donors (Lipinski definition) is 0. The van der Waals surface area contributed by atoms with E-state index in [-0.39, 0.29) is 10.8 Å². The van der Waals surface area contributed by atoms with E-state index in [1.54, 1.807) is 55.8 Å². The highest BCUT2D eigenvalue weighted by Crippen LogP contribution is 2.18. The summed E-state index contributed by atoms with van der Waals surface area (Å²) in [6, 6.07) is 10.3. The predicted molar refractivity (Wildman–Crippen MR) is 78.9 cm³/mol. The number of aromatic nitrogens is 1. The fourth-order valence-electron chi connectivity index (χ4n) is 1.80. The number of sulfonamides is 1. The highest BCUT2D eigenvalue weighted by atomic mass is 35.5. The molecule has 0 saturated heterocycles. The Morgan fingerprint density at radius 2 is 1.85 bits per heavy atom. The summed E-state index contributed by atoms with van der Waals surface area (Å²) in [5.41, 5.74) is 1.67. The molecule has 1 aromatic heterocycles. The first kappa shape index (κ1) is 15.0. The van der Waals surface area contributed by atoms with Crippen molar-refractivity contribution in [1.29, 1.82) is 0 Å². The Labute approximate surface area is 124 Å². The zero-order chi connectivity index (χ0) is 14.6. The molecule has 2 aromatic rings. The van der Waals surface area contributed by atoms with E-state index in [4.69, 9.17) is 11.6 Å². The lowest BCUT2D eigenvalue weighted by Crippen LogP contribution is -2.26. The monoisotopic (exact) mass is 310 g/mol. The summed E-state index contributed by atoms with van der Waals surface area (Å²) in [6.45, 7) is 0.302. The zero-order valence-electron chi connectivity index (χ0n) is 11.0. The summed E-state index contributed by atoms with van der Waals surface area (Å²) in [6.07, 6.45) is 3.29. The second-order valence-electron chi connectivity index (χ2n) is 4.40. The molecule has 0 unspecified atom stereocenters. The highest BCUT2D eigenvalue weighted by molar-refractivity contribution is 7.89. The summed E-state index contributed by atoms with van der Waals surface area (Å²) in [7, 11) is -1.96. The number of benzene rings is 1. The van der Waals surface area contributed by atoms with Crippen LogP contribution in [0.25, 0.3) is 0 Å². The third-order valence-corrected chi connectivity index (χ3v) is 5.02. The molecule has 0 amide bonds. The lowest BCUT2D eigenvalue weighted by atomic mass is 10.2. The van der Waals surface area contributed by atoms with Crippen molar-refractivity contribution in [2.45, 2.75) is 17.3 Å². The molecule has 1 heterocycles. The first-order valence-electron chi connectivity index (χ1n) is 6.04. The molecule has 0 bridgehead atoms. The van der Waals surface area contributed by atoms with Crippen LogP contribution in [0.3, 0.4) is 0 Å². The average molecular weight is 311 g/mol. The van der Waals surface area contributed by atoms with Gasteiger partial charge in [-0.15, -0.1) is 11.6 Å². The Kier molecular flexibility index (Phi) is 4.75. The van der Waals surface area contributed by atoms with Crippen LogP contribution in [0, 0.1) is 0 Å². The fourth-order valence-corrected chi connectivity index (χ4v) is 3.20. The van der Waals surface area contributed by atoms with Gasteiger partial charge in [-0.3, -0.25) is 4.98 Å². The van der Waals surface area contributed by atoms with E-state index in [1.165, 1.54) is 4.31 Å². The Bertz CT molecular complexity index is 675. The summed E-state index contributed by atoms with van der Waals surface area (Å²) in [5.74, 6) is 0.289. The first-order chi connectivity index (χ1) is 9.54. The highest BCUT2D eigenvalue weighted by Gasteiger charge is 2.20. The minimum Gasteiger partial charge on any atom is -0.265 e. The van der Waals surface area contributed by atoms with E-state index >= 15 is 0 Å². The van der Waals surface area contributed by atoms with Crippen LogP contribution >= 0.6 is 11.6 Å². The Morgan fingerprint density at radius 1 is 1.15 bits per heavy atom. The Balaban J connectivity index is 2.25. The first-order valence-corrected chi connectivity index (χ1v) is 8.01. The summed E-state index contributed by atoms with van der Waals surface area (Å²) < 4.78 is 26.3. The molecule has 0 atom stereocenters. The minimum absolute atomic E-state index is 0.257. The van der Waals surface area contributed by atoms with Crippen molar-refractivity contribution in [3.05, 3.63) is 59.9 Å². The number of nitrogens with zero attached hydrogens (tertiary/aromatic N) is 2. The van der Waals surface area contributed by atoms with Crippen molar-refractivity contribution >= 4 is 21.6 Å². The van der Waals surface area contributed by atoms with Crippen molar-refractivity contribution in [2.24, 2.45) is 0 Å². The number of halogens is 1. The molecule has 20 heavy (non-hydrogen) atoms. The van der Waals surface area contributed by atoms with Crippen LogP contribution in [0.2, 0.25) is 0 Å². The van der Waals surface area contributed by atoms with E-state index in [1.807, 2.05) is 0 Å². The van der Waals surface area contributed by atoms with Crippen LogP contribution in [-0.4, -0.2) is 24.8 Å². The van der Waals surface area contributed by atoms with Crippen molar-refractivity contribution in [3.8, 4) is 0 Å². The number of rotatable bonds is 5. The summed E-state index contributed by atoms with van der Waals surface area (Å²) >= 11 is 5.74. The molecule has 106 valence electrons. The van der Waals surface area contributed by atoms with Gasteiger partial charge in [0.25, 0.3) is 0 Å². The molecule has 0 spiro atoms. The van der Waals surface area contributed by atoms with Crippen LogP contribution in [0.4, 0.5) is 0 Å². The molecule has 2 rings (SSSR count). The largest absolute Gasteiger partial charge is 0.265 e. The van der Waals surface area contributed by atoms with Gasteiger partial charge in [-0.1, -0.05) is 12.1 Å². The molecule has 6 heteroatoms. The van der Waals surface area contributed by atoms with E-state index in [0.717, 1.165) is 11.1 Å². The Morgan fingerprint density at radius 3 is 2.50 bits per heavy atom. The average Bonchev–Trinajstić information content (AvgIpc) is 2.48. The second-order valence-corrected chi connectivity index (χ2v) is 6.71. The van der Waals surface area contributed by atoms with Gasteiger partial charge in [-0.25, -0.2) is 8.42 Å². The maximum atomic E-state index is 12.5. The van der Waals surface area contributed by atoms with E-state index in [0.29, 0.717) is 6.54 Å². The van der Waals surface area contributed by atoms with Crippen LogP contribution in [-0.2, 0) is 22.4 Å². The Hall–Kier alpha value is -1.43. The lowest BCUT2D eigenvalue weighted by Gasteiger charge is -2.17. The van der Waals surface area contributed by atoms with Gasteiger partial charge in [0.05, 0.1) is 4.90 Å². The molecule has 0 fully saturated rings. The molecule has 1 aromatic carbocycles. The molecular weight excluding hydrogens is 296 g/mol. The van der Waals surface area contributed by atoms with Crippen LogP contribution in [0.5, 0.6) is 0 Å². The van der Waals surface area contributed by atoms with Gasteiger partial charge in [-0.05, 0) is 35.4 Å². The zero-order valence-corrected chi connectivity index (χ0v) is 12.6. The van der Waals surface area contributed by atoms with Gasteiger partial charge in [0, 0.05) is 31.9 Å². The van der Waals surface area contributed by atoms with Gasteiger partial charge in [-0.2, -0.15) is 4.31 Å². The molecule has 0 aliphatic carbocycles. The molecule has 0 saturated carbocycles. The number of hydrogen-bond acceptors (Lipinski definition) is 3. The predicted octanol–water partition coefficient (Wildman–Crippen LogP) is 2.64. The van der Waals surface area contributed by atoms with Gasteiger partial charge in [0.1, 0.15) is 0 Å². The molecular formula is C14H15ClN2O2S. The van der Waals surface area contributed by atoms with E-state index in [9.17, 15) is 8.42 Å². The smallest absolute Gasteiger partial charge is 0.243 e. The number of pyridine rings is 1. The normalized spacial score (nSPS) is 11.8. The summed E-state index contributed by atoms with van der Waals surface area (Å²) in [5, 5.41) is 0. The fraction of sp³-hybridized carbons (Fsp3) is 0.214. The third-order valence-electron chi connectivity index (χ3n) is 2.92. The molecule has 0 N–H and O–H groups in total. The third kappa shape index (κ3) is 3.36. The second kappa shape index (κ2) is 6.35. The van der Waals surface area contributed by atoms with Crippen LogP contribution < -0.4 is 0 Å².